The number of fused-ring (bicyclic) bond motifs is 6. The van der Waals surface area contributed by atoms with Crippen LogP contribution in [0.15, 0.2) is 24.3 Å². The highest BCUT2D eigenvalue weighted by molar-refractivity contribution is 9.09. The molecule has 3 atom stereocenters. The van der Waals surface area contributed by atoms with E-state index in [4.69, 9.17) is 9.47 Å². The standard InChI is InChI=1S/C16H17BrO7/c1-3-11(17)13-14(16(20)24-23-12(18)4-2)21-10-7-5-9(6-8-10)15(19)22-13/h5-8,11,13-14H,3-4H2,1-2H3. The summed E-state index contributed by atoms with van der Waals surface area (Å²) >= 11 is 3.38. The number of hydrogen-bond acceptors (Lipinski definition) is 7. The highest BCUT2D eigenvalue weighted by Gasteiger charge is 2.41. The van der Waals surface area contributed by atoms with Crippen LogP contribution in [0.25, 0.3) is 0 Å². The van der Waals surface area contributed by atoms with Crippen LogP contribution < -0.4 is 4.74 Å². The summed E-state index contributed by atoms with van der Waals surface area (Å²) in [5.41, 5.74) is 0.342. The zero-order chi connectivity index (χ0) is 17.7. The van der Waals surface area contributed by atoms with Gasteiger partial charge >= 0.3 is 17.9 Å². The lowest BCUT2D eigenvalue weighted by Crippen LogP contribution is -2.47. The third kappa shape index (κ3) is 4.25. The fourth-order valence-electron chi connectivity index (χ4n) is 2.01. The monoisotopic (exact) mass is 400 g/mol. The predicted octanol–water partition coefficient (Wildman–Crippen LogP) is 2.56. The molecular weight excluding hydrogens is 384 g/mol. The first-order chi connectivity index (χ1) is 11.5. The van der Waals surface area contributed by atoms with Gasteiger partial charge in [0.2, 0.25) is 6.10 Å². The minimum absolute atomic E-state index is 0.0500. The summed E-state index contributed by atoms with van der Waals surface area (Å²) in [6.45, 7) is 3.41. The van der Waals surface area contributed by atoms with E-state index in [9.17, 15) is 14.4 Å². The minimum Gasteiger partial charge on any atom is -0.475 e. The van der Waals surface area contributed by atoms with Gasteiger partial charge in [0.05, 0.1) is 10.4 Å². The maximum atomic E-state index is 12.3. The molecule has 2 aliphatic heterocycles. The Bertz CT molecular complexity index is 613. The zero-order valence-electron chi connectivity index (χ0n) is 13.2. The van der Waals surface area contributed by atoms with Gasteiger partial charge in [-0.15, -0.1) is 0 Å². The number of halogens is 1. The Morgan fingerprint density at radius 2 is 1.83 bits per heavy atom. The van der Waals surface area contributed by atoms with Crippen molar-refractivity contribution in [3.8, 4) is 5.75 Å². The van der Waals surface area contributed by atoms with Gasteiger partial charge in [0, 0.05) is 6.42 Å². The topological polar surface area (TPSA) is 88.1 Å². The molecule has 0 radical (unpaired) electrons. The second-order valence-corrected chi connectivity index (χ2v) is 6.24. The van der Waals surface area contributed by atoms with E-state index in [1.807, 2.05) is 6.92 Å². The third-order valence-electron chi connectivity index (χ3n) is 3.38. The van der Waals surface area contributed by atoms with Gasteiger partial charge in [-0.2, -0.15) is 0 Å². The molecule has 1 aromatic rings. The first kappa shape index (κ1) is 18.3. The van der Waals surface area contributed by atoms with Crippen LogP contribution in [0.4, 0.5) is 0 Å². The number of hydrogen-bond donors (Lipinski definition) is 0. The quantitative estimate of drug-likeness (QED) is 0.332. The predicted molar refractivity (Wildman–Crippen MR) is 85.5 cm³/mol. The van der Waals surface area contributed by atoms with Gasteiger partial charge in [0.25, 0.3) is 0 Å². The molecule has 0 fully saturated rings. The molecular formula is C16H17BrO7. The van der Waals surface area contributed by atoms with Crippen molar-refractivity contribution >= 4 is 33.8 Å². The number of rotatable bonds is 4. The van der Waals surface area contributed by atoms with Crippen molar-refractivity contribution in [1.29, 1.82) is 0 Å². The number of esters is 1. The van der Waals surface area contributed by atoms with Gasteiger partial charge in [0.15, 0.2) is 6.10 Å². The van der Waals surface area contributed by atoms with E-state index < -0.39 is 30.1 Å². The van der Waals surface area contributed by atoms with Crippen LogP contribution in [0.5, 0.6) is 5.75 Å². The summed E-state index contributed by atoms with van der Waals surface area (Å²) in [5.74, 6) is -1.88. The molecule has 0 aliphatic carbocycles. The largest absolute Gasteiger partial charge is 0.475 e. The number of carbonyl (C=O) groups is 3. The first-order valence-corrected chi connectivity index (χ1v) is 8.40. The Hall–Kier alpha value is -2.09. The Morgan fingerprint density at radius 1 is 1.17 bits per heavy atom. The molecule has 0 saturated heterocycles. The number of ether oxygens (including phenoxy) is 2. The minimum atomic E-state index is -1.29. The number of benzene rings is 1. The Labute approximate surface area is 147 Å². The van der Waals surface area contributed by atoms with Crippen molar-refractivity contribution in [2.45, 2.75) is 43.7 Å². The zero-order valence-corrected chi connectivity index (χ0v) is 14.8. The molecule has 7 nitrogen and oxygen atoms in total. The Kier molecular flexibility index (Phi) is 6.19. The van der Waals surface area contributed by atoms with Gasteiger partial charge in [-0.3, -0.25) is 0 Å². The van der Waals surface area contributed by atoms with E-state index in [0.29, 0.717) is 17.7 Å². The lowest BCUT2D eigenvalue weighted by molar-refractivity contribution is -0.265. The van der Waals surface area contributed by atoms with Crippen LogP contribution in [0.2, 0.25) is 0 Å². The van der Waals surface area contributed by atoms with Crippen molar-refractivity contribution in [3.63, 3.8) is 0 Å². The van der Waals surface area contributed by atoms with Gasteiger partial charge in [-0.05, 0) is 30.7 Å². The average molecular weight is 401 g/mol. The van der Waals surface area contributed by atoms with Crippen molar-refractivity contribution in [1.82, 2.24) is 0 Å². The second kappa shape index (κ2) is 8.14. The van der Waals surface area contributed by atoms with E-state index in [-0.39, 0.29) is 11.2 Å². The van der Waals surface area contributed by atoms with Crippen LogP contribution in [-0.4, -0.2) is 34.9 Å². The fraction of sp³-hybridized carbons (Fsp3) is 0.438. The van der Waals surface area contributed by atoms with Crippen LogP contribution in [0, 0.1) is 0 Å². The van der Waals surface area contributed by atoms with E-state index >= 15 is 0 Å². The lowest BCUT2D eigenvalue weighted by atomic mass is 10.1. The molecule has 3 unspecified atom stereocenters. The summed E-state index contributed by atoms with van der Waals surface area (Å²) in [5, 5.41) is 0. The van der Waals surface area contributed by atoms with Crippen LogP contribution in [-0.2, 0) is 24.1 Å². The third-order valence-corrected chi connectivity index (χ3v) is 4.55. The first-order valence-electron chi connectivity index (χ1n) is 7.49. The molecule has 0 amide bonds. The maximum absolute atomic E-state index is 12.3. The van der Waals surface area contributed by atoms with E-state index in [1.165, 1.54) is 12.1 Å². The van der Waals surface area contributed by atoms with Gasteiger partial charge in [-0.25, -0.2) is 24.2 Å². The van der Waals surface area contributed by atoms with Crippen LogP contribution >= 0.6 is 15.9 Å². The molecule has 2 bridgehead atoms. The smallest absolute Gasteiger partial charge is 0.399 e. The van der Waals surface area contributed by atoms with E-state index in [0.717, 1.165) is 0 Å². The molecule has 0 saturated carbocycles. The Balaban J connectivity index is 2.27. The summed E-state index contributed by atoms with van der Waals surface area (Å²) in [4.78, 5) is 44.3. The fourth-order valence-corrected chi connectivity index (χ4v) is 2.39. The van der Waals surface area contributed by atoms with E-state index in [2.05, 4.69) is 25.7 Å². The SMILES string of the molecule is CCC(=O)OOC(=O)C1Oc2ccc(cc2)C(=O)OC1C(Br)CC. The van der Waals surface area contributed by atoms with Gasteiger partial charge in [-0.1, -0.05) is 29.8 Å². The number of alkyl halides is 1. The summed E-state index contributed by atoms with van der Waals surface area (Å²) < 4.78 is 11.0. The Morgan fingerprint density at radius 3 is 2.42 bits per heavy atom. The highest BCUT2D eigenvalue weighted by atomic mass is 79.9. The normalized spacial score (nSPS) is 20.7. The van der Waals surface area contributed by atoms with Crippen molar-refractivity contribution in [3.05, 3.63) is 29.8 Å². The molecule has 3 rings (SSSR count). The molecule has 1 aromatic carbocycles. The molecule has 0 spiro atoms. The molecule has 24 heavy (non-hydrogen) atoms. The molecule has 0 aromatic heterocycles. The van der Waals surface area contributed by atoms with Gasteiger partial charge < -0.3 is 9.47 Å². The molecule has 2 aliphatic rings. The second-order valence-electron chi connectivity index (χ2n) is 5.07. The molecule has 2 heterocycles. The van der Waals surface area contributed by atoms with Gasteiger partial charge in [0.1, 0.15) is 5.75 Å². The summed E-state index contributed by atoms with van der Waals surface area (Å²) in [6.07, 6.45) is -1.63. The lowest BCUT2D eigenvalue weighted by Gasteiger charge is -2.27. The molecule has 130 valence electrons. The number of carbonyl (C=O) groups excluding carboxylic acids is 3. The molecule has 0 N–H and O–H groups in total. The van der Waals surface area contributed by atoms with Crippen LogP contribution in [0.1, 0.15) is 37.0 Å². The van der Waals surface area contributed by atoms with Crippen LogP contribution in [0.3, 0.4) is 0 Å². The molecule has 8 heteroatoms. The van der Waals surface area contributed by atoms with E-state index in [1.54, 1.807) is 19.1 Å². The maximum Gasteiger partial charge on any atom is 0.399 e. The summed E-state index contributed by atoms with van der Waals surface area (Å²) in [7, 11) is 0. The summed E-state index contributed by atoms with van der Waals surface area (Å²) in [6, 6.07) is 6.17. The highest BCUT2D eigenvalue weighted by Crippen LogP contribution is 2.26. The van der Waals surface area contributed by atoms with Crippen molar-refractivity contribution in [2.24, 2.45) is 0 Å². The average Bonchev–Trinajstić information content (AvgIpc) is 2.71. The van der Waals surface area contributed by atoms with Crippen molar-refractivity contribution < 1.29 is 33.6 Å². The van der Waals surface area contributed by atoms with Crippen molar-refractivity contribution in [2.75, 3.05) is 0 Å².